The van der Waals surface area contributed by atoms with E-state index in [4.69, 9.17) is 23.7 Å². The summed E-state index contributed by atoms with van der Waals surface area (Å²) in [6.07, 6.45) is -1.99. The molecular formula is C21H28O8. The van der Waals surface area contributed by atoms with Gasteiger partial charge in [0.25, 0.3) is 0 Å². The lowest BCUT2D eigenvalue weighted by Gasteiger charge is -2.43. The molecular weight excluding hydrogens is 380 g/mol. The molecule has 1 aromatic carbocycles. The largest absolute Gasteiger partial charge is 0.463 e. The third kappa shape index (κ3) is 6.45. The van der Waals surface area contributed by atoms with Gasteiger partial charge in [0.05, 0.1) is 6.10 Å². The van der Waals surface area contributed by atoms with E-state index in [0.717, 1.165) is 0 Å². The van der Waals surface area contributed by atoms with Crippen molar-refractivity contribution in [1.82, 2.24) is 0 Å². The molecule has 1 aromatic rings. The van der Waals surface area contributed by atoms with Crippen LogP contribution in [-0.4, -0.2) is 43.0 Å². The van der Waals surface area contributed by atoms with Crippen LogP contribution < -0.4 is 4.74 Å². The first-order valence-corrected chi connectivity index (χ1v) is 9.53. The monoisotopic (exact) mass is 408 g/mol. The quantitative estimate of drug-likeness (QED) is 0.502. The maximum atomic E-state index is 11.6. The van der Waals surface area contributed by atoms with Crippen molar-refractivity contribution in [3.8, 4) is 5.75 Å². The summed E-state index contributed by atoms with van der Waals surface area (Å²) in [4.78, 5) is 34.0. The van der Waals surface area contributed by atoms with Gasteiger partial charge in [-0.25, -0.2) is 0 Å². The highest BCUT2D eigenvalue weighted by Gasteiger charge is 2.45. The van der Waals surface area contributed by atoms with Crippen LogP contribution >= 0.6 is 0 Å². The zero-order chi connectivity index (χ0) is 21.6. The van der Waals surface area contributed by atoms with E-state index in [1.165, 1.54) is 20.8 Å². The molecule has 8 heteroatoms. The standard InChI is InChI=1S/C21H28O8/c1-12-13(2)20(27-16(5)24)21(29-19(12)11-26-15(4)23)28-18-9-7-6-8-17(18)10-25-14(3)22/h6-9,12-13,19-21H,10-11H2,1-5H3/t12-,13-,19?,20?,21+/m0/s1. The van der Waals surface area contributed by atoms with Gasteiger partial charge >= 0.3 is 17.9 Å². The Labute approximate surface area is 170 Å². The zero-order valence-corrected chi connectivity index (χ0v) is 17.4. The highest BCUT2D eigenvalue weighted by molar-refractivity contribution is 5.66. The molecule has 0 amide bonds. The minimum absolute atomic E-state index is 0.0410. The summed E-state index contributed by atoms with van der Waals surface area (Å²) >= 11 is 0. The summed E-state index contributed by atoms with van der Waals surface area (Å²) < 4.78 is 27.8. The summed E-state index contributed by atoms with van der Waals surface area (Å²) in [5.41, 5.74) is 0.649. The molecule has 2 rings (SSSR count). The van der Waals surface area contributed by atoms with Crippen LogP contribution in [0.1, 0.15) is 40.2 Å². The summed E-state index contributed by atoms with van der Waals surface area (Å²) in [6.45, 7) is 7.98. The van der Waals surface area contributed by atoms with E-state index in [-0.39, 0.29) is 25.0 Å². The molecule has 1 heterocycles. The van der Waals surface area contributed by atoms with Gasteiger partial charge in [-0.05, 0) is 12.0 Å². The number of hydrogen-bond donors (Lipinski definition) is 0. The number of ether oxygens (including phenoxy) is 5. The van der Waals surface area contributed by atoms with Crippen LogP contribution in [0.25, 0.3) is 0 Å². The van der Waals surface area contributed by atoms with E-state index in [9.17, 15) is 14.4 Å². The maximum Gasteiger partial charge on any atom is 0.303 e. The summed E-state index contributed by atoms with van der Waals surface area (Å²) in [7, 11) is 0. The molecule has 0 spiro atoms. The Morgan fingerprint density at radius 2 is 1.59 bits per heavy atom. The lowest BCUT2D eigenvalue weighted by molar-refractivity contribution is -0.253. The Morgan fingerprint density at radius 1 is 0.931 bits per heavy atom. The number of hydrogen-bond acceptors (Lipinski definition) is 8. The molecule has 0 N–H and O–H groups in total. The second-order valence-electron chi connectivity index (χ2n) is 7.14. The number of rotatable bonds is 7. The van der Waals surface area contributed by atoms with Crippen LogP contribution in [-0.2, 0) is 39.9 Å². The van der Waals surface area contributed by atoms with Gasteiger partial charge in [-0.1, -0.05) is 32.0 Å². The lowest BCUT2D eigenvalue weighted by atomic mass is 9.83. The van der Waals surface area contributed by atoms with Gasteiger partial charge in [-0.3, -0.25) is 14.4 Å². The molecule has 0 saturated carbocycles. The van der Waals surface area contributed by atoms with Crippen LogP contribution in [0.3, 0.4) is 0 Å². The fraction of sp³-hybridized carbons (Fsp3) is 0.571. The second kappa shape index (κ2) is 10.2. The van der Waals surface area contributed by atoms with E-state index >= 15 is 0 Å². The van der Waals surface area contributed by atoms with Crippen molar-refractivity contribution in [1.29, 1.82) is 0 Å². The fourth-order valence-electron chi connectivity index (χ4n) is 3.14. The average molecular weight is 408 g/mol. The third-order valence-electron chi connectivity index (χ3n) is 4.91. The van der Waals surface area contributed by atoms with E-state index in [2.05, 4.69) is 0 Å². The van der Waals surface area contributed by atoms with E-state index < -0.39 is 36.4 Å². The molecule has 1 aliphatic heterocycles. The molecule has 5 atom stereocenters. The minimum Gasteiger partial charge on any atom is -0.463 e. The molecule has 0 aromatic heterocycles. The Bertz CT molecular complexity index is 729. The predicted molar refractivity (Wildman–Crippen MR) is 102 cm³/mol. The first-order valence-electron chi connectivity index (χ1n) is 9.53. The van der Waals surface area contributed by atoms with Crippen molar-refractivity contribution in [2.45, 2.75) is 59.7 Å². The first kappa shape index (κ1) is 22.7. The van der Waals surface area contributed by atoms with Crippen LogP contribution in [0.5, 0.6) is 5.75 Å². The molecule has 1 fully saturated rings. The smallest absolute Gasteiger partial charge is 0.303 e. The normalized spacial score (nSPS) is 26.3. The number of carbonyl (C=O) groups is 3. The van der Waals surface area contributed by atoms with Crippen molar-refractivity contribution in [3.63, 3.8) is 0 Å². The highest BCUT2D eigenvalue weighted by Crippen LogP contribution is 2.35. The zero-order valence-electron chi connectivity index (χ0n) is 17.4. The van der Waals surface area contributed by atoms with Crippen molar-refractivity contribution >= 4 is 17.9 Å². The van der Waals surface area contributed by atoms with Gasteiger partial charge < -0.3 is 23.7 Å². The Kier molecular flexibility index (Phi) is 8.01. The van der Waals surface area contributed by atoms with Crippen molar-refractivity contribution < 1.29 is 38.1 Å². The third-order valence-corrected chi connectivity index (χ3v) is 4.91. The molecule has 2 unspecified atom stereocenters. The van der Waals surface area contributed by atoms with E-state index in [1.807, 2.05) is 13.8 Å². The maximum absolute atomic E-state index is 11.6. The molecule has 0 aliphatic carbocycles. The Morgan fingerprint density at radius 3 is 2.21 bits per heavy atom. The van der Waals surface area contributed by atoms with Crippen LogP contribution in [0.2, 0.25) is 0 Å². The summed E-state index contributed by atoms with van der Waals surface area (Å²) in [6, 6.07) is 7.06. The minimum atomic E-state index is -0.913. The summed E-state index contributed by atoms with van der Waals surface area (Å²) in [5, 5.41) is 0. The Hall–Kier alpha value is -2.61. The Balaban J connectivity index is 2.24. The van der Waals surface area contributed by atoms with Gasteiger partial charge in [0.15, 0.2) is 6.10 Å². The van der Waals surface area contributed by atoms with Gasteiger partial charge in [0, 0.05) is 32.3 Å². The van der Waals surface area contributed by atoms with Gasteiger partial charge in [0.2, 0.25) is 6.29 Å². The SMILES string of the molecule is CC(=O)OCc1ccccc1O[C@@H]1OC(COC(C)=O)[C@@H](C)[C@H](C)C1OC(C)=O. The number of benzene rings is 1. The highest BCUT2D eigenvalue weighted by atomic mass is 16.7. The molecule has 1 aliphatic rings. The predicted octanol–water partition coefficient (Wildman–Crippen LogP) is 2.62. The average Bonchev–Trinajstić information content (AvgIpc) is 2.65. The van der Waals surface area contributed by atoms with Crippen molar-refractivity contribution in [2.24, 2.45) is 11.8 Å². The van der Waals surface area contributed by atoms with Crippen LogP contribution in [0, 0.1) is 11.8 Å². The molecule has 29 heavy (non-hydrogen) atoms. The second-order valence-corrected chi connectivity index (χ2v) is 7.14. The van der Waals surface area contributed by atoms with Crippen LogP contribution in [0.4, 0.5) is 0 Å². The molecule has 1 saturated heterocycles. The van der Waals surface area contributed by atoms with Crippen LogP contribution in [0.15, 0.2) is 24.3 Å². The summed E-state index contributed by atoms with van der Waals surface area (Å²) in [5.74, 6) is -0.967. The molecule has 160 valence electrons. The molecule has 0 radical (unpaired) electrons. The lowest BCUT2D eigenvalue weighted by Crippen LogP contribution is -2.54. The van der Waals surface area contributed by atoms with E-state index in [1.54, 1.807) is 24.3 Å². The molecule has 8 nitrogen and oxygen atoms in total. The first-order chi connectivity index (χ1) is 13.7. The fourth-order valence-corrected chi connectivity index (χ4v) is 3.14. The molecule has 0 bridgehead atoms. The topological polar surface area (TPSA) is 97.4 Å². The number of esters is 3. The van der Waals surface area contributed by atoms with Gasteiger partial charge in [0.1, 0.15) is 19.0 Å². The number of para-hydroxylation sites is 1. The van der Waals surface area contributed by atoms with Gasteiger partial charge in [-0.2, -0.15) is 0 Å². The van der Waals surface area contributed by atoms with Crippen molar-refractivity contribution in [2.75, 3.05) is 6.61 Å². The van der Waals surface area contributed by atoms with Gasteiger partial charge in [-0.15, -0.1) is 0 Å². The number of carbonyl (C=O) groups excluding carboxylic acids is 3. The van der Waals surface area contributed by atoms with Crippen molar-refractivity contribution in [3.05, 3.63) is 29.8 Å². The van der Waals surface area contributed by atoms with E-state index in [0.29, 0.717) is 11.3 Å².